The molecule has 0 atom stereocenters. The van der Waals surface area contributed by atoms with E-state index in [1.165, 1.54) is 11.5 Å². The van der Waals surface area contributed by atoms with E-state index in [0.717, 1.165) is 24.0 Å². The number of carbonyl (C=O) groups excluding carboxylic acids is 1. The highest BCUT2D eigenvalue weighted by molar-refractivity contribution is 5.99. The van der Waals surface area contributed by atoms with Crippen molar-refractivity contribution in [2.24, 2.45) is 0 Å². The number of aromatic nitrogens is 3. The Hall–Kier alpha value is -2.95. The lowest BCUT2D eigenvalue weighted by Crippen LogP contribution is -2.17. The summed E-state index contributed by atoms with van der Waals surface area (Å²) in [7, 11) is 0. The lowest BCUT2D eigenvalue weighted by atomic mass is 9.96. The molecule has 0 aliphatic heterocycles. The van der Waals surface area contributed by atoms with Gasteiger partial charge in [0.05, 0.1) is 10.9 Å². The predicted octanol–water partition coefficient (Wildman–Crippen LogP) is 3.04. The average Bonchev–Trinajstić information content (AvgIpc) is 3.01. The fourth-order valence-electron chi connectivity index (χ4n) is 3.17. The van der Waals surface area contributed by atoms with Crippen molar-refractivity contribution in [3.8, 4) is 0 Å². The van der Waals surface area contributed by atoms with Gasteiger partial charge in [-0.2, -0.15) is 0 Å². The van der Waals surface area contributed by atoms with Crippen molar-refractivity contribution in [1.82, 2.24) is 14.0 Å². The van der Waals surface area contributed by atoms with Crippen LogP contribution >= 0.6 is 0 Å². The Morgan fingerprint density at radius 1 is 1.30 bits per heavy atom. The molecular formula is C18H15N3O2. The average molecular weight is 305 g/mol. The van der Waals surface area contributed by atoms with Crippen molar-refractivity contribution in [1.29, 1.82) is 0 Å². The predicted molar refractivity (Wildman–Crippen MR) is 89.6 cm³/mol. The van der Waals surface area contributed by atoms with Crippen LogP contribution in [0.1, 0.15) is 30.1 Å². The smallest absolute Gasteiger partial charge is 0.265 e. The second kappa shape index (κ2) is 5.05. The van der Waals surface area contributed by atoms with E-state index in [2.05, 4.69) is 11.1 Å². The van der Waals surface area contributed by atoms with Crippen LogP contribution in [-0.2, 0) is 0 Å². The summed E-state index contributed by atoms with van der Waals surface area (Å²) in [5.41, 5.74) is 3.05. The van der Waals surface area contributed by atoms with E-state index in [-0.39, 0.29) is 11.5 Å². The number of carbonyl (C=O) groups is 1. The summed E-state index contributed by atoms with van der Waals surface area (Å²) < 4.78 is 3.06. The first-order valence-corrected chi connectivity index (χ1v) is 7.56. The van der Waals surface area contributed by atoms with Crippen LogP contribution in [0.2, 0.25) is 0 Å². The number of hydrogen-bond acceptors (Lipinski definition) is 3. The molecule has 0 saturated heterocycles. The van der Waals surface area contributed by atoms with E-state index < -0.39 is 0 Å². The first-order valence-electron chi connectivity index (χ1n) is 7.56. The summed E-state index contributed by atoms with van der Waals surface area (Å²) in [5, 5.41) is 0.566. The highest BCUT2D eigenvalue weighted by Crippen LogP contribution is 2.31. The van der Waals surface area contributed by atoms with Crippen molar-refractivity contribution in [2.75, 3.05) is 0 Å². The van der Waals surface area contributed by atoms with E-state index in [9.17, 15) is 9.59 Å². The maximum atomic E-state index is 12.7. The third-order valence-corrected chi connectivity index (χ3v) is 4.21. The number of pyridine rings is 2. The Kier molecular flexibility index (Phi) is 3.01. The molecule has 1 aliphatic rings. The molecule has 23 heavy (non-hydrogen) atoms. The number of allylic oxidation sites excluding steroid dienone is 4. The van der Waals surface area contributed by atoms with Crippen LogP contribution in [0.3, 0.4) is 0 Å². The second-order valence-electron chi connectivity index (χ2n) is 5.62. The molecule has 0 radical (unpaired) electrons. The standard InChI is InChI=1S/C18H15N3O2/c1-12(22)20-10-11-21-17(20)15(13-6-3-2-4-7-13)16-14(18(21)23)8-5-9-19-16/h2-3,5-6,8-11H,4,7H2,1H3. The summed E-state index contributed by atoms with van der Waals surface area (Å²) in [6.45, 7) is 1.49. The summed E-state index contributed by atoms with van der Waals surface area (Å²) in [6.07, 6.45) is 12.9. The van der Waals surface area contributed by atoms with Gasteiger partial charge in [-0.25, -0.2) is 0 Å². The molecule has 4 rings (SSSR count). The highest BCUT2D eigenvalue weighted by atomic mass is 16.2. The van der Waals surface area contributed by atoms with Gasteiger partial charge in [-0.05, 0) is 30.5 Å². The van der Waals surface area contributed by atoms with Gasteiger partial charge in [0.1, 0.15) is 5.65 Å². The Labute approximate surface area is 132 Å². The van der Waals surface area contributed by atoms with Crippen LogP contribution < -0.4 is 5.56 Å². The third kappa shape index (κ3) is 1.97. The Morgan fingerprint density at radius 2 is 2.17 bits per heavy atom. The molecule has 3 heterocycles. The monoisotopic (exact) mass is 305 g/mol. The van der Waals surface area contributed by atoms with Crippen LogP contribution in [-0.4, -0.2) is 19.9 Å². The Bertz CT molecular complexity index is 1070. The minimum Gasteiger partial charge on any atom is -0.274 e. The van der Waals surface area contributed by atoms with Crippen LogP contribution in [0.25, 0.3) is 22.1 Å². The molecule has 0 amide bonds. The zero-order valence-corrected chi connectivity index (χ0v) is 12.7. The van der Waals surface area contributed by atoms with Crippen molar-refractivity contribution in [3.63, 3.8) is 0 Å². The molecule has 0 aromatic carbocycles. The molecule has 0 unspecified atom stereocenters. The van der Waals surface area contributed by atoms with Crippen LogP contribution in [0.15, 0.2) is 53.7 Å². The molecule has 0 fully saturated rings. The third-order valence-electron chi connectivity index (χ3n) is 4.21. The van der Waals surface area contributed by atoms with Crippen molar-refractivity contribution in [2.45, 2.75) is 19.8 Å². The molecule has 0 N–H and O–H groups in total. The maximum absolute atomic E-state index is 12.7. The van der Waals surface area contributed by atoms with Gasteiger partial charge in [0.15, 0.2) is 0 Å². The van der Waals surface area contributed by atoms with Crippen LogP contribution in [0.5, 0.6) is 0 Å². The van der Waals surface area contributed by atoms with Crippen molar-refractivity contribution < 1.29 is 4.79 Å². The quantitative estimate of drug-likeness (QED) is 0.694. The second-order valence-corrected chi connectivity index (χ2v) is 5.62. The number of fused-ring (bicyclic) bond motifs is 2. The van der Waals surface area contributed by atoms with Gasteiger partial charge >= 0.3 is 0 Å². The van der Waals surface area contributed by atoms with Gasteiger partial charge < -0.3 is 0 Å². The minimum atomic E-state index is -0.154. The Balaban J connectivity index is 2.27. The van der Waals surface area contributed by atoms with Gasteiger partial charge in [0, 0.05) is 31.1 Å². The summed E-state index contributed by atoms with van der Waals surface area (Å²) in [5.74, 6) is -0.129. The van der Waals surface area contributed by atoms with Gasteiger partial charge in [-0.3, -0.25) is 23.5 Å². The van der Waals surface area contributed by atoms with Crippen molar-refractivity contribution in [3.05, 3.63) is 64.9 Å². The summed E-state index contributed by atoms with van der Waals surface area (Å²) >= 11 is 0. The highest BCUT2D eigenvalue weighted by Gasteiger charge is 2.20. The molecule has 1 aliphatic carbocycles. The molecule has 3 aromatic heterocycles. The lowest BCUT2D eigenvalue weighted by molar-refractivity contribution is 0.0941. The number of rotatable bonds is 1. The molecule has 0 saturated carbocycles. The molecule has 0 spiro atoms. The molecule has 5 nitrogen and oxygen atoms in total. The first-order chi connectivity index (χ1) is 11.2. The van der Waals surface area contributed by atoms with Gasteiger partial charge in [-0.15, -0.1) is 0 Å². The van der Waals surface area contributed by atoms with Gasteiger partial charge in [0.2, 0.25) is 5.91 Å². The largest absolute Gasteiger partial charge is 0.274 e. The molecular weight excluding hydrogens is 290 g/mol. The van der Waals surface area contributed by atoms with E-state index in [4.69, 9.17) is 0 Å². The maximum Gasteiger partial charge on any atom is 0.265 e. The Morgan fingerprint density at radius 3 is 2.91 bits per heavy atom. The lowest BCUT2D eigenvalue weighted by Gasteiger charge is -2.15. The molecule has 3 aromatic rings. The first kappa shape index (κ1) is 13.7. The van der Waals surface area contributed by atoms with E-state index in [1.54, 1.807) is 35.1 Å². The SMILES string of the molecule is CC(=O)n1ccn2c(=O)c3cccnc3c(C3=CC=CCC3)c12. The van der Waals surface area contributed by atoms with Crippen molar-refractivity contribution >= 4 is 28.0 Å². The van der Waals surface area contributed by atoms with Gasteiger partial charge in [0.25, 0.3) is 5.56 Å². The number of nitrogens with zero attached hydrogens (tertiary/aromatic N) is 3. The fourth-order valence-corrected chi connectivity index (χ4v) is 3.17. The van der Waals surface area contributed by atoms with Crippen LogP contribution in [0.4, 0.5) is 0 Å². The minimum absolute atomic E-state index is 0.129. The van der Waals surface area contributed by atoms with Crippen LogP contribution in [0, 0.1) is 0 Å². The number of imidazole rings is 1. The number of hydrogen-bond donors (Lipinski definition) is 0. The topological polar surface area (TPSA) is 56.4 Å². The summed E-state index contributed by atoms with van der Waals surface area (Å²) in [6, 6.07) is 3.54. The van der Waals surface area contributed by atoms with E-state index in [0.29, 0.717) is 16.6 Å². The zero-order valence-electron chi connectivity index (χ0n) is 12.7. The molecule has 114 valence electrons. The molecule has 5 heteroatoms. The fraction of sp³-hybridized carbons (Fsp3) is 0.167. The summed E-state index contributed by atoms with van der Waals surface area (Å²) in [4.78, 5) is 29.2. The van der Waals surface area contributed by atoms with E-state index in [1.807, 2.05) is 12.2 Å². The molecule has 0 bridgehead atoms. The van der Waals surface area contributed by atoms with Gasteiger partial charge in [-0.1, -0.05) is 18.2 Å². The normalized spacial score (nSPS) is 14.4. The van der Waals surface area contributed by atoms with E-state index >= 15 is 0 Å². The zero-order chi connectivity index (χ0) is 16.0.